The first kappa shape index (κ1) is 13.1. The summed E-state index contributed by atoms with van der Waals surface area (Å²) >= 11 is 0. The van der Waals surface area contributed by atoms with Crippen molar-refractivity contribution in [3.05, 3.63) is 35.9 Å². The fourth-order valence-corrected chi connectivity index (χ4v) is 3.24. The molecule has 1 saturated heterocycles. The summed E-state index contributed by atoms with van der Waals surface area (Å²) in [4.78, 5) is 2.77. The van der Waals surface area contributed by atoms with Gasteiger partial charge in [0.2, 0.25) is 0 Å². The lowest BCUT2D eigenvalue weighted by Gasteiger charge is -2.49. The molecule has 1 aliphatic heterocycles. The van der Waals surface area contributed by atoms with Crippen LogP contribution in [0.1, 0.15) is 51.6 Å². The molecule has 1 aromatic carbocycles. The van der Waals surface area contributed by atoms with E-state index in [1.807, 2.05) is 0 Å². The zero-order chi connectivity index (χ0) is 13.5. The van der Waals surface area contributed by atoms with Gasteiger partial charge in [-0.05, 0) is 38.7 Å². The first-order valence-electron chi connectivity index (χ1n) is 7.63. The van der Waals surface area contributed by atoms with E-state index < -0.39 is 0 Å². The van der Waals surface area contributed by atoms with Gasteiger partial charge in [-0.1, -0.05) is 37.3 Å². The maximum absolute atomic E-state index is 3.78. The van der Waals surface area contributed by atoms with Gasteiger partial charge in [0.1, 0.15) is 0 Å². The molecule has 0 amide bonds. The van der Waals surface area contributed by atoms with E-state index in [9.17, 15) is 0 Å². The first-order chi connectivity index (χ1) is 9.06. The molecule has 1 N–H and O–H groups in total. The lowest BCUT2D eigenvalue weighted by molar-refractivity contribution is 0.0401. The van der Waals surface area contributed by atoms with Crippen molar-refractivity contribution < 1.29 is 0 Å². The molecule has 0 spiro atoms. The van der Waals surface area contributed by atoms with E-state index in [4.69, 9.17) is 0 Å². The van der Waals surface area contributed by atoms with Gasteiger partial charge in [0, 0.05) is 30.2 Å². The van der Waals surface area contributed by atoms with Crippen molar-refractivity contribution in [2.24, 2.45) is 0 Å². The third kappa shape index (κ3) is 2.44. The van der Waals surface area contributed by atoms with Crippen molar-refractivity contribution in [3.63, 3.8) is 0 Å². The van der Waals surface area contributed by atoms with Gasteiger partial charge in [0.25, 0.3) is 0 Å². The highest BCUT2D eigenvalue weighted by atomic mass is 15.3. The predicted octanol–water partition coefficient (Wildman–Crippen LogP) is 3.35. The van der Waals surface area contributed by atoms with Crippen LogP contribution in [-0.2, 0) is 0 Å². The van der Waals surface area contributed by atoms with Crippen LogP contribution >= 0.6 is 0 Å². The zero-order valence-electron chi connectivity index (χ0n) is 12.4. The van der Waals surface area contributed by atoms with E-state index in [0.29, 0.717) is 11.6 Å². The number of hydrogen-bond donors (Lipinski definition) is 1. The fraction of sp³-hybridized carbons (Fsp3) is 0.647. The Labute approximate surface area is 117 Å². The molecule has 2 fully saturated rings. The van der Waals surface area contributed by atoms with E-state index in [1.54, 1.807) is 0 Å². The second-order valence-corrected chi connectivity index (χ2v) is 6.85. The quantitative estimate of drug-likeness (QED) is 0.894. The summed E-state index contributed by atoms with van der Waals surface area (Å²) in [6.45, 7) is 9.34. The van der Waals surface area contributed by atoms with Crippen molar-refractivity contribution in [2.45, 2.75) is 57.2 Å². The highest BCUT2D eigenvalue weighted by Crippen LogP contribution is 2.47. The molecule has 1 heterocycles. The highest BCUT2D eigenvalue weighted by molar-refractivity contribution is 5.23. The summed E-state index contributed by atoms with van der Waals surface area (Å²) in [6.07, 6.45) is 3.91. The molecule has 3 rings (SSSR count). The van der Waals surface area contributed by atoms with Gasteiger partial charge in [0.05, 0.1) is 0 Å². The van der Waals surface area contributed by atoms with Crippen LogP contribution in [0.3, 0.4) is 0 Å². The number of hydrogen-bond acceptors (Lipinski definition) is 2. The van der Waals surface area contributed by atoms with Gasteiger partial charge in [-0.2, -0.15) is 0 Å². The van der Waals surface area contributed by atoms with Gasteiger partial charge >= 0.3 is 0 Å². The van der Waals surface area contributed by atoms with Crippen LogP contribution in [0.25, 0.3) is 0 Å². The van der Waals surface area contributed by atoms with E-state index in [-0.39, 0.29) is 5.54 Å². The largest absolute Gasteiger partial charge is 0.308 e. The molecule has 2 aliphatic rings. The van der Waals surface area contributed by atoms with Crippen LogP contribution in [-0.4, -0.2) is 29.1 Å². The topological polar surface area (TPSA) is 15.3 Å². The van der Waals surface area contributed by atoms with Gasteiger partial charge in [0.15, 0.2) is 0 Å². The van der Waals surface area contributed by atoms with Crippen LogP contribution in [0.15, 0.2) is 30.3 Å². The van der Waals surface area contributed by atoms with E-state index in [0.717, 1.165) is 6.54 Å². The normalized spacial score (nSPS) is 34.2. The Hall–Kier alpha value is -0.860. The van der Waals surface area contributed by atoms with Gasteiger partial charge in [-0.3, -0.25) is 4.90 Å². The third-order valence-corrected chi connectivity index (χ3v) is 5.25. The second-order valence-electron chi connectivity index (χ2n) is 6.85. The van der Waals surface area contributed by atoms with Gasteiger partial charge in [-0.15, -0.1) is 0 Å². The summed E-state index contributed by atoms with van der Waals surface area (Å²) in [5.41, 5.74) is 2.18. The average Bonchev–Trinajstić information content (AvgIpc) is 3.19. The molecular formula is C17H26N2. The summed E-state index contributed by atoms with van der Waals surface area (Å²) in [5.74, 6) is 0. The zero-order valence-corrected chi connectivity index (χ0v) is 12.4. The molecule has 0 aromatic heterocycles. The Balaban J connectivity index is 1.88. The maximum atomic E-state index is 3.78. The molecule has 2 heteroatoms. The molecule has 19 heavy (non-hydrogen) atoms. The number of nitrogens with one attached hydrogen (secondary N) is 1. The smallest absolute Gasteiger partial charge is 0.0479 e. The van der Waals surface area contributed by atoms with Gasteiger partial charge < -0.3 is 5.32 Å². The van der Waals surface area contributed by atoms with Crippen LogP contribution < -0.4 is 5.32 Å². The molecule has 0 radical (unpaired) electrons. The van der Waals surface area contributed by atoms with E-state index in [2.05, 4.69) is 61.3 Å². The Morgan fingerprint density at radius 2 is 1.89 bits per heavy atom. The van der Waals surface area contributed by atoms with Crippen molar-refractivity contribution in [2.75, 3.05) is 13.1 Å². The van der Waals surface area contributed by atoms with Crippen LogP contribution in [0.4, 0.5) is 0 Å². The van der Waals surface area contributed by atoms with E-state index >= 15 is 0 Å². The molecule has 1 aliphatic carbocycles. The Kier molecular flexibility index (Phi) is 3.18. The standard InChI is InChI=1S/C17H26N2/c1-4-16(2)13-19(17(3)10-11-17)15(12-18-16)14-8-6-5-7-9-14/h5-9,15,18H,4,10-13H2,1-3H3. The third-order valence-electron chi connectivity index (χ3n) is 5.25. The molecule has 104 valence electrons. The molecule has 2 unspecified atom stereocenters. The summed E-state index contributed by atoms with van der Waals surface area (Å²) in [7, 11) is 0. The second kappa shape index (κ2) is 4.60. The predicted molar refractivity (Wildman–Crippen MR) is 80.2 cm³/mol. The van der Waals surface area contributed by atoms with Crippen LogP contribution in [0, 0.1) is 0 Å². The molecule has 2 atom stereocenters. The molecule has 2 nitrogen and oxygen atoms in total. The van der Waals surface area contributed by atoms with Crippen molar-refractivity contribution in [1.82, 2.24) is 10.2 Å². The highest BCUT2D eigenvalue weighted by Gasteiger charge is 2.50. The van der Waals surface area contributed by atoms with Gasteiger partial charge in [-0.25, -0.2) is 0 Å². The lowest BCUT2D eigenvalue weighted by Crippen LogP contribution is -2.61. The minimum atomic E-state index is 0.275. The fourth-order valence-electron chi connectivity index (χ4n) is 3.24. The number of rotatable bonds is 3. The monoisotopic (exact) mass is 258 g/mol. The van der Waals surface area contributed by atoms with Crippen LogP contribution in [0.2, 0.25) is 0 Å². The first-order valence-corrected chi connectivity index (χ1v) is 7.63. The minimum Gasteiger partial charge on any atom is -0.308 e. The number of benzene rings is 1. The van der Waals surface area contributed by atoms with Crippen molar-refractivity contribution in [1.29, 1.82) is 0 Å². The molecule has 0 bridgehead atoms. The lowest BCUT2D eigenvalue weighted by atomic mass is 9.89. The van der Waals surface area contributed by atoms with E-state index in [1.165, 1.54) is 31.4 Å². The number of nitrogens with zero attached hydrogens (tertiary/aromatic N) is 1. The van der Waals surface area contributed by atoms with Crippen molar-refractivity contribution in [3.8, 4) is 0 Å². The summed E-state index contributed by atoms with van der Waals surface area (Å²) < 4.78 is 0. The summed E-state index contributed by atoms with van der Waals surface area (Å²) in [6, 6.07) is 11.5. The van der Waals surface area contributed by atoms with Crippen molar-refractivity contribution >= 4 is 0 Å². The molecular weight excluding hydrogens is 232 g/mol. The molecule has 1 saturated carbocycles. The Bertz CT molecular complexity index is 438. The Morgan fingerprint density at radius 1 is 1.21 bits per heavy atom. The summed E-state index contributed by atoms with van der Waals surface area (Å²) in [5, 5.41) is 3.78. The SMILES string of the molecule is CCC1(C)CN(C2(C)CC2)C(c2ccccc2)CN1. The average molecular weight is 258 g/mol. The molecule has 1 aromatic rings. The minimum absolute atomic E-state index is 0.275. The number of piperazine rings is 1. The maximum Gasteiger partial charge on any atom is 0.0479 e. The van der Waals surface area contributed by atoms with Crippen LogP contribution in [0.5, 0.6) is 0 Å². The Morgan fingerprint density at radius 3 is 2.47 bits per heavy atom.